The molecule has 1 fully saturated rings. The summed E-state index contributed by atoms with van der Waals surface area (Å²) >= 11 is 0. The van der Waals surface area contributed by atoms with Crippen molar-refractivity contribution < 1.29 is 14.6 Å². The second kappa shape index (κ2) is 6.08. The zero-order valence-corrected chi connectivity index (χ0v) is 11.8. The number of aliphatic hydroxyl groups is 1. The van der Waals surface area contributed by atoms with Crippen LogP contribution in [0, 0.1) is 18.8 Å². The van der Waals surface area contributed by atoms with Gasteiger partial charge in [-0.15, -0.1) is 0 Å². The number of carbonyl (C=O) groups is 1. The maximum absolute atomic E-state index is 12.2. The van der Waals surface area contributed by atoms with Gasteiger partial charge in [-0.2, -0.15) is 0 Å². The predicted molar refractivity (Wildman–Crippen MR) is 77.4 cm³/mol. The van der Waals surface area contributed by atoms with Crippen LogP contribution in [0.25, 0.3) is 0 Å². The third-order valence-electron chi connectivity index (χ3n) is 3.49. The normalized spacial score (nSPS) is 21.1. The SMILES string of the molecule is Cc1cc(C#CCO)ccc1NC(=O)C1(C)CCCO1. The number of hydrogen-bond donors (Lipinski definition) is 2. The topological polar surface area (TPSA) is 58.6 Å². The molecule has 2 N–H and O–H groups in total. The van der Waals surface area contributed by atoms with E-state index >= 15 is 0 Å². The van der Waals surface area contributed by atoms with Crippen LogP contribution in [0.3, 0.4) is 0 Å². The summed E-state index contributed by atoms with van der Waals surface area (Å²) in [5.74, 6) is 5.34. The summed E-state index contributed by atoms with van der Waals surface area (Å²) in [5, 5.41) is 11.6. The maximum Gasteiger partial charge on any atom is 0.256 e. The fraction of sp³-hybridized carbons (Fsp3) is 0.438. The van der Waals surface area contributed by atoms with Crippen LogP contribution in [0.15, 0.2) is 18.2 Å². The van der Waals surface area contributed by atoms with Crippen LogP contribution in [-0.2, 0) is 9.53 Å². The number of aliphatic hydroxyl groups excluding tert-OH is 1. The Morgan fingerprint density at radius 1 is 1.55 bits per heavy atom. The van der Waals surface area contributed by atoms with Crippen molar-refractivity contribution in [2.45, 2.75) is 32.3 Å². The second-order valence-electron chi connectivity index (χ2n) is 5.13. The lowest BCUT2D eigenvalue weighted by atomic mass is 10.0. The van der Waals surface area contributed by atoms with Crippen LogP contribution in [0.5, 0.6) is 0 Å². The van der Waals surface area contributed by atoms with Crippen LogP contribution in [0.2, 0.25) is 0 Å². The van der Waals surface area contributed by atoms with Gasteiger partial charge in [-0.05, 0) is 50.5 Å². The first-order chi connectivity index (χ1) is 9.55. The van der Waals surface area contributed by atoms with Gasteiger partial charge in [0.2, 0.25) is 0 Å². The smallest absolute Gasteiger partial charge is 0.256 e. The van der Waals surface area contributed by atoms with E-state index in [4.69, 9.17) is 9.84 Å². The summed E-state index contributed by atoms with van der Waals surface area (Å²) in [6.07, 6.45) is 1.66. The first-order valence-electron chi connectivity index (χ1n) is 6.71. The van der Waals surface area contributed by atoms with Crippen molar-refractivity contribution in [1.82, 2.24) is 0 Å². The largest absolute Gasteiger partial charge is 0.384 e. The lowest BCUT2D eigenvalue weighted by Crippen LogP contribution is -2.39. The fourth-order valence-electron chi connectivity index (χ4n) is 2.24. The van der Waals surface area contributed by atoms with Crippen LogP contribution in [0.1, 0.15) is 30.9 Å². The Morgan fingerprint density at radius 3 is 2.95 bits per heavy atom. The van der Waals surface area contributed by atoms with Crippen LogP contribution in [0.4, 0.5) is 5.69 Å². The zero-order valence-electron chi connectivity index (χ0n) is 11.8. The number of carbonyl (C=O) groups excluding carboxylic acids is 1. The molecule has 0 aromatic heterocycles. The first kappa shape index (κ1) is 14.6. The Balaban J connectivity index is 2.12. The third-order valence-corrected chi connectivity index (χ3v) is 3.49. The zero-order chi connectivity index (χ0) is 14.6. The van der Waals surface area contributed by atoms with Crippen molar-refractivity contribution in [3.05, 3.63) is 29.3 Å². The average molecular weight is 273 g/mol. The molecular weight excluding hydrogens is 254 g/mol. The summed E-state index contributed by atoms with van der Waals surface area (Å²) in [6, 6.07) is 5.53. The Hall–Kier alpha value is -1.83. The van der Waals surface area contributed by atoms with Crippen molar-refractivity contribution in [1.29, 1.82) is 0 Å². The van der Waals surface area contributed by atoms with E-state index in [1.165, 1.54) is 0 Å². The molecule has 106 valence electrons. The minimum absolute atomic E-state index is 0.104. The molecule has 0 saturated carbocycles. The molecule has 1 amide bonds. The molecule has 1 aromatic carbocycles. The molecule has 0 spiro atoms. The summed E-state index contributed by atoms with van der Waals surface area (Å²) in [7, 11) is 0. The molecular formula is C16H19NO3. The number of aryl methyl sites for hydroxylation is 1. The molecule has 20 heavy (non-hydrogen) atoms. The summed E-state index contributed by atoms with van der Waals surface area (Å²) < 4.78 is 5.53. The average Bonchev–Trinajstić information content (AvgIpc) is 2.87. The highest BCUT2D eigenvalue weighted by Crippen LogP contribution is 2.27. The van der Waals surface area contributed by atoms with Crippen LogP contribution < -0.4 is 5.32 Å². The van der Waals surface area contributed by atoms with Gasteiger partial charge in [-0.3, -0.25) is 4.79 Å². The van der Waals surface area contributed by atoms with Gasteiger partial charge in [0.25, 0.3) is 5.91 Å². The van der Waals surface area contributed by atoms with E-state index < -0.39 is 5.60 Å². The van der Waals surface area contributed by atoms with E-state index in [9.17, 15) is 4.79 Å². The van der Waals surface area contributed by atoms with Gasteiger partial charge in [0.1, 0.15) is 12.2 Å². The van der Waals surface area contributed by atoms with E-state index in [-0.39, 0.29) is 12.5 Å². The third kappa shape index (κ3) is 3.19. The van der Waals surface area contributed by atoms with Crippen molar-refractivity contribution in [2.75, 3.05) is 18.5 Å². The molecule has 0 aliphatic carbocycles. The lowest BCUT2D eigenvalue weighted by molar-refractivity contribution is -0.133. The van der Waals surface area contributed by atoms with Crippen molar-refractivity contribution in [3.8, 4) is 11.8 Å². The Labute approximate surface area is 119 Å². The molecule has 1 saturated heterocycles. The van der Waals surface area contributed by atoms with Gasteiger partial charge in [-0.1, -0.05) is 11.8 Å². The number of benzene rings is 1. The van der Waals surface area contributed by atoms with E-state index in [0.29, 0.717) is 6.61 Å². The summed E-state index contributed by atoms with van der Waals surface area (Å²) in [6.45, 7) is 4.22. The van der Waals surface area contributed by atoms with Crippen LogP contribution in [-0.4, -0.2) is 29.8 Å². The van der Waals surface area contributed by atoms with Crippen molar-refractivity contribution >= 4 is 11.6 Å². The minimum Gasteiger partial charge on any atom is -0.384 e. The Kier molecular flexibility index (Phi) is 4.43. The number of nitrogens with one attached hydrogen (secondary N) is 1. The fourth-order valence-corrected chi connectivity index (χ4v) is 2.24. The second-order valence-corrected chi connectivity index (χ2v) is 5.13. The number of ether oxygens (including phenoxy) is 1. The Morgan fingerprint density at radius 2 is 2.35 bits per heavy atom. The lowest BCUT2D eigenvalue weighted by Gasteiger charge is -2.22. The molecule has 4 heteroatoms. The number of rotatable bonds is 2. The van der Waals surface area contributed by atoms with Crippen molar-refractivity contribution in [2.24, 2.45) is 0 Å². The first-order valence-corrected chi connectivity index (χ1v) is 6.71. The molecule has 1 aliphatic rings. The summed E-state index contributed by atoms with van der Waals surface area (Å²) in [5.41, 5.74) is 1.80. The quantitative estimate of drug-likeness (QED) is 0.808. The molecule has 1 aliphatic heterocycles. The van der Waals surface area contributed by atoms with E-state index in [2.05, 4.69) is 17.2 Å². The maximum atomic E-state index is 12.2. The van der Waals surface area contributed by atoms with Gasteiger partial charge in [0.15, 0.2) is 0 Å². The van der Waals surface area contributed by atoms with E-state index in [0.717, 1.165) is 29.7 Å². The summed E-state index contributed by atoms with van der Waals surface area (Å²) in [4.78, 5) is 12.2. The van der Waals surface area contributed by atoms with Gasteiger partial charge in [-0.25, -0.2) is 0 Å². The van der Waals surface area contributed by atoms with Gasteiger partial charge >= 0.3 is 0 Å². The highest BCUT2D eigenvalue weighted by molar-refractivity contribution is 5.97. The molecule has 0 radical (unpaired) electrons. The minimum atomic E-state index is -0.720. The molecule has 1 aromatic rings. The van der Waals surface area contributed by atoms with Gasteiger partial charge in [0.05, 0.1) is 0 Å². The molecule has 4 nitrogen and oxygen atoms in total. The van der Waals surface area contributed by atoms with Gasteiger partial charge in [0, 0.05) is 17.9 Å². The van der Waals surface area contributed by atoms with Gasteiger partial charge < -0.3 is 15.2 Å². The van der Waals surface area contributed by atoms with E-state index in [1.54, 1.807) is 0 Å². The standard InChI is InChI=1S/C16H19NO3/c1-12-11-13(5-3-9-18)6-7-14(12)17-15(19)16(2)8-4-10-20-16/h6-7,11,18H,4,8-10H2,1-2H3,(H,17,19). The molecule has 0 bridgehead atoms. The number of anilines is 1. The van der Waals surface area contributed by atoms with E-state index in [1.807, 2.05) is 32.0 Å². The van der Waals surface area contributed by atoms with Crippen LogP contribution >= 0.6 is 0 Å². The molecule has 2 rings (SSSR count). The Bertz CT molecular complexity index is 563. The molecule has 1 unspecified atom stereocenters. The number of amides is 1. The molecule has 1 heterocycles. The van der Waals surface area contributed by atoms with Crippen molar-refractivity contribution in [3.63, 3.8) is 0 Å². The highest BCUT2D eigenvalue weighted by Gasteiger charge is 2.37. The number of hydrogen-bond acceptors (Lipinski definition) is 3. The monoisotopic (exact) mass is 273 g/mol. The molecule has 1 atom stereocenters. The highest BCUT2D eigenvalue weighted by atomic mass is 16.5. The predicted octanol–water partition coefficient (Wildman–Crippen LogP) is 1.85.